The molecule has 0 aliphatic heterocycles. The molecule has 0 aromatic rings. The van der Waals surface area contributed by atoms with Crippen molar-refractivity contribution in [3.8, 4) is 0 Å². The molecule has 0 aromatic heterocycles. The lowest BCUT2D eigenvalue weighted by Gasteiger charge is -2.30. The molecule has 0 aliphatic rings. The van der Waals surface area contributed by atoms with E-state index in [1.54, 1.807) is 0 Å². The standard InChI is InChI=1S/C5H8N4O12/c10-1(6(14)15)5(2(11)7(16)17,3(12)8(18)19)4(13)9(20)21/h1-4,10-13H. The first kappa shape index (κ1) is 18.4. The third kappa shape index (κ3) is 2.97. The summed E-state index contributed by atoms with van der Waals surface area (Å²) < 4.78 is 0. The minimum atomic E-state index is -4.15. The van der Waals surface area contributed by atoms with Gasteiger partial charge in [0.1, 0.15) is 0 Å². The summed E-state index contributed by atoms with van der Waals surface area (Å²) in [5, 5.41) is 78.7. The van der Waals surface area contributed by atoms with E-state index in [1.165, 1.54) is 0 Å². The van der Waals surface area contributed by atoms with E-state index in [0.717, 1.165) is 0 Å². The van der Waals surface area contributed by atoms with Crippen LogP contribution in [-0.2, 0) is 0 Å². The van der Waals surface area contributed by atoms with Crippen molar-refractivity contribution in [3.63, 3.8) is 0 Å². The molecule has 0 bridgehead atoms. The summed E-state index contributed by atoms with van der Waals surface area (Å²) >= 11 is 0. The molecule has 0 amide bonds. The fourth-order valence-corrected chi connectivity index (χ4v) is 1.53. The van der Waals surface area contributed by atoms with Crippen molar-refractivity contribution in [2.45, 2.75) is 24.9 Å². The summed E-state index contributed by atoms with van der Waals surface area (Å²) in [5.74, 6) is 0. The lowest BCUT2D eigenvalue weighted by atomic mass is 9.80. The number of nitro groups is 4. The largest absolute Gasteiger partial charge is 0.347 e. The SMILES string of the molecule is O=[N+]([O-])C(O)C(C(O)[N+](=O)[O-])(C(O)[N+](=O)[O-])C(O)[N+](=O)[O-]. The van der Waals surface area contributed by atoms with Crippen LogP contribution >= 0.6 is 0 Å². The maximum atomic E-state index is 10.5. The van der Waals surface area contributed by atoms with Gasteiger partial charge >= 0.3 is 30.3 Å². The van der Waals surface area contributed by atoms with E-state index in [0.29, 0.717) is 0 Å². The molecule has 0 fully saturated rings. The Labute approximate surface area is 112 Å². The van der Waals surface area contributed by atoms with Gasteiger partial charge in [0.15, 0.2) is 0 Å². The minimum Gasteiger partial charge on any atom is -0.332 e. The van der Waals surface area contributed by atoms with Gasteiger partial charge in [-0.3, -0.25) is 40.5 Å². The molecule has 4 N–H and O–H groups in total. The van der Waals surface area contributed by atoms with Gasteiger partial charge in [0.25, 0.3) is 0 Å². The van der Waals surface area contributed by atoms with Gasteiger partial charge in [-0.25, -0.2) is 0 Å². The van der Waals surface area contributed by atoms with Gasteiger partial charge in [0.05, 0.1) is 19.7 Å². The van der Waals surface area contributed by atoms with Crippen LogP contribution in [0, 0.1) is 45.9 Å². The third-order valence-electron chi connectivity index (χ3n) is 2.59. The quantitative estimate of drug-likeness (QED) is 0.192. The van der Waals surface area contributed by atoms with Gasteiger partial charge in [-0.1, -0.05) is 0 Å². The Morgan fingerprint density at radius 2 is 0.714 bits per heavy atom. The van der Waals surface area contributed by atoms with Crippen LogP contribution in [0.4, 0.5) is 0 Å². The molecule has 4 atom stereocenters. The molecule has 0 radical (unpaired) electrons. The molecule has 0 aromatic carbocycles. The normalized spacial score (nSPS) is 19.6. The highest BCUT2D eigenvalue weighted by Gasteiger charge is 2.78. The highest BCUT2D eigenvalue weighted by atomic mass is 16.7. The highest BCUT2D eigenvalue weighted by molar-refractivity contribution is 4.89. The fourth-order valence-electron chi connectivity index (χ4n) is 1.53. The van der Waals surface area contributed by atoms with E-state index in [-0.39, 0.29) is 0 Å². The van der Waals surface area contributed by atoms with Crippen LogP contribution in [0.3, 0.4) is 0 Å². The van der Waals surface area contributed by atoms with E-state index in [4.69, 9.17) is 0 Å². The lowest BCUT2D eigenvalue weighted by Crippen LogP contribution is -2.68. The summed E-state index contributed by atoms with van der Waals surface area (Å²) in [6.45, 7) is 0. The van der Waals surface area contributed by atoms with Gasteiger partial charge in [-0.05, 0) is 0 Å². The summed E-state index contributed by atoms with van der Waals surface area (Å²) in [5.41, 5.74) is -4.15. The van der Waals surface area contributed by atoms with Crippen molar-refractivity contribution < 1.29 is 40.1 Å². The van der Waals surface area contributed by atoms with Gasteiger partial charge in [-0.2, -0.15) is 0 Å². The predicted molar refractivity (Wildman–Crippen MR) is 54.4 cm³/mol. The number of aliphatic hydroxyl groups excluding tert-OH is 4. The Hall–Kier alpha value is -2.56. The second-order valence-corrected chi connectivity index (χ2v) is 3.64. The average molecular weight is 316 g/mol. The average Bonchev–Trinajstić information content (AvgIpc) is 2.37. The zero-order chi connectivity index (χ0) is 17.1. The number of hydrogen-bond acceptors (Lipinski definition) is 12. The zero-order valence-corrected chi connectivity index (χ0v) is 9.65. The molecular formula is C5H8N4O12. The topological polar surface area (TPSA) is 253 Å². The molecule has 21 heavy (non-hydrogen) atoms. The number of rotatable bonds is 8. The second kappa shape index (κ2) is 6.26. The monoisotopic (exact) mass is 316 g/mol. The molecule has 0 saturated heterocycles. The molecule has 120 valence electrons. The Kier molecular flexibility index (Phi) is 5.50. The number of hydrogen-bond donors (Lipinski definition) is 4. The van der Waals surface area contributed by atoms with E-state index < -0.39 is 50.0 Å². The molecule has 16 nitrogen and oxygen atoms in total. The van der Waals surface area contributed by atoms with Crippen LogP contribution in [0.25, 0.3) is 0 Å². The van der Waals surface area contributed by atoms with Crippen LogP contribution in [0.5, 0.6) is 0 Å². The molecule has 16 heteroatoms. The van der Waals surface area contributed by atoms with E-state index in [1.807, 2.05) is 0 Å². The van der Waals surface area contributed by atoms with Gasteiger partial charge in [-0.15, -0.1) is 0 Å². The van der Waals surface area contributed by atoms with Crippen LogP contribution in [0.15, 0.2) is 0 Å². The second-order valence-electron chi connectivity index (χ2n) is 3.64. The number of nitrogens with zero attached hydrogens (tertiary/aromatic N) is 4. The first-order valence-electron chi connectivity index (χ1n) is 4.68. The van der Waals surface area contributed by atoms with E-state index in [9.17, 15) is 60.9 Å². The van der Waals surface area contributed by atoms with Crippen molar-refractivity contribution >= 4 is 0 Å². The van der Waals surface area contributed by atoms with Crippen LogP contribution in [0.1, 0.15) is 0 Å². The Morgan fingerprint density at radius 1 is 0.571 bits per heavy atom. The summed E-state index contributed by atoms with van der Waals surface area (Å²) in [7, 11) is 0. The Balaban J connectivity index is 6.47. The Bertz CT molecular complexity index is 379. The first-order chi connectivity index (χ1) is 9.42. The summed E-state index contributed by atoms with van der Waals surface area (Å²) in [4.78, 5) is 34.4. The molecule has 0 rings (SSSR count). The number of aliphatic hydroxyl groups is 4. The molecular weight excluding hydrogens is 308 g/mol. The predicted octanol–water partition coefficient (Wildman–Crippen LogP) is -3.65. The van der Waals surface area contributed by atoms with Crippen LogP contribution < -0.4 is 0 Å². The van der Waals surface area contributed by atoms with Gasteiger partial charge < -0.3 is 20.4 Å². The molecule has 4 unspecified atom stereocenters. The van der Waals surface area contributed by atoms with E-state index in [2.05, 4.69) is 0 Å². The maximum absolute atomic E-state index is 10.5. The van der Waals surface area contributed by atoms with Crippen molar-refractivity contribution in [1.82, 2.24) is 0 Å². The van der Waals surface area contributed by atoms with Crippen molar-refractivity contribution in [3.05, 3.63) is 40.5 Å². The molecule has 0 saturated carbocycles. The van der Waals surface area contributed by atoms with Crippen LogP contribution in [-0.4, -0.2) is 65.0 Å². The lowest BCUT2D eigenvalue weighted by molar-refractivity contribution is -0.739. The summed E-state index contributed by atoms with van der Waals surface area (Å²) in [6, 6.07) is 0. The Morgan fingerprint density at radius 3 is 0.810 bits per heavy atom. The minimum absolute atomic E-state index is 1.88. The zero-order valence-electron chi connectivity index (χ0n) is 9.65. The van der Waals surface area contributed by atoms with Gasteiger partial charge in [0, 0.05) is 0 Å². The van der Waals surface area contributed by atoms with Crippen molar-refractivity contribution in [2.24, 2.45) is 5.41 Å². The highest BCUT2D eigenvalue weighted by Crippen LogP contribution is 2.37. The smallest absolute Gasteiger partial charge is 0.332 e. The molecule has 0 heterocycles. The molecule has 0 spiro atoms. The first-order valence-corrected chi connectivity index (χ1v) is 4.68. The maximum Gasteiger partial charge on any atom is 0.347 e. The van der Waals surface area contributed by atoms with Crippen LogP contribution in [0.2, 0.25) is 0 Å². The summed E-state index contributed by atoms with van der Waals surface area (Å²) in [6.07, 6.45) is -14.4. The fraction of sp³-hybridized carbons (Fsp3) is 1.00. The van der Waals surface area contributed by atoms with E-state index >= 15 is 0 Å². The molecule has 0 aliphatic carbocycles. The van der Waals surface area contributed by atoms with Crippen molar-refractivity contribution in [2.75, 3.05) is 0 Å². The third-order valence-corrected chi connectivity index (χ3v) is 2.59. The van der Waals surface area contributed by atoms with Crippen molar-refractivity contribution in [1.29, 1.82) is 0 Å². The van der Waals surface area contributed by atoms with Gasteiger partial charge in [0.2, 0.25) is 0 Å².